The summed E-state index contributed by atoms with van der Waals surface area (Å²) in [4.78, 5) is 21.2. The monoisotopic (exact) mass is 394 g/mol. The van der Waals surface area contributed by atoms with Gasteiger partial charge >= 0.3 is 0 Å². The number of rotatable bonds is 6. The zero-order valence-electron chi connectivity index (χ0n) is 16.7. The SMILES string of the molecule is Cc1cccc(-c2cc(Nc3cccc(C(=O)NCc4ccccc4)c3)ncn2)c1. The van der Waals surface area contributed by atoms with Crippen molar-refractivity contribution in [2.45, 2.75) is 13.5 Å². The molecule has 0 aliphatic heterocycles. The zero-order valence-corrected chi connectivity index (χ0v) is 16.7. The van der Waals surface area contributed by atoms with Crippen LogP contribution in [0.25, 0.3) is 11.3 Å². The standard InChI is InChI=1S/C25H22N4O/c1-18-7-5-10-20(13-18)23-15-24(28-17-27-23)29-22-12-6-11-21(14-22)25(30)26-16-19-8-3-2-4-9-19/h2-15,17H,16H2,1H3,(H,26,30)(H,27,28,29). The van der Waals surface area contributed by atoms with Crippen LogP contribution < -0.4 is 10.6 Å². The van der Waals surface area contributed by atoms with E-state index < -0.39 is 0 Å². The fourth-order valence-corrected chi connectivity index (χ4v) is 3.15. The van der Waals surface area contributed by atoms with Crippen LogP contribution in [0.3, 0.4) is 0 Å². The number of aryl methyl sites for hydroxylation is 1. The van der Waals surface area contributed by atoms with Gasteiger partial charge < -0.3 is 10.6 Å². The van der Waals surface area contributed by atoms with Crippen LogP contribution in [0.15, 0.2) is 91.3 Å². The summed E-state index contributed by atoms with van der Waals surface area (Å²) in [5.41, 5.74) is 5.49. The fourth-order valence-electron chi connectivity index (χ4n) is 3.15. The molecule has 0 radical (unpaired) electrons. The topological polar surface area (TPSA) is 66.9 Å². The highest BCUT2D eigenvalue weighted by molar-refractivity contribution is 5.95. The van der Waals surface area contributed by atoms with E-state index in [1.807, 2.05) is 66.7 Å². The van der Waals surface area contributed by atoms with E-state index in [2.05, 4.69) is 39.7 Å². The fraction of sp³-hybridized carbons (Fsp3) is 0.0800. The Morgan fingerprint density at radius 3 is 2.53 bits per heavy atom. The van der Waals surface area contributed by atoms with Gasteiger partial charge in [-0.3, -0.25) is 4.79 Å². The van der Waals surface area contributed by atoms with Crippen LogP contribution >= 0.6 is 0 Å². The molecule has 4 rings (SSSR count). The second-order valence-corrected chi connectivity index (χ2v) is 7.03. The van der Waals surface area contributed by atoms with E-state index in [4.69, 9.17) is 0 Å². The van der Waals surface area contributed by atoms with Gasteiger partial charge in [-0.1, -0.05) is 60.2 Å². The number of carbonyl (C=O) groups excluding carboxylic acids is 1. The third-order valence-corrected chi connectivity index (χ3v) is 4.67. The Kier molecular flexibility index (Phi) is 5.80. The van der Waals surface area contributed by atoms with Gasteiger partial charge in [0, 0.05) is 29.4 Å². The highest BCUT2D eigenvalue weighted by Crippen LogP contribution is 2.22. The molecule has 0 unspecified atom stereocenters. The van der Waals surface area contributed by atoms with Crippen molar-refractivity contribution in [2.24, 2.45) is 0 Å². The Balaban J connectivity index is 1.47. The lowest BCUT2D eigenvalue weighted by molar-refractivity contribution is 0.0951. The van der Waals surface area contributed by atoms with Crippen LogP contribution in [0.4, 0.5) is 11.5 Å². The minimum atomic E-state index is -0.120. The number of hydrogen-bond donors (Lipinski definition) is 2. The maximum absolute atomic E-state index is 12.5. The van der Waals surface area contributed by atoms with Crippen LogP contribution in [0.1, 0.15) is 21.5 Å². The molecule has 0 bridgehead atoms. The number of amides is 1. The Labute approximate surface area is 175 Å². The lowest BCUT2D eigenvalue weighted by Gasteiger charge is -2.10. The van der Waals surface area contributed by atoms with E-state index in [1.54, 1.807) is 6.07 Å². The molecule has 5 nitrogen and oxygen atoms in total. The normalized spacial score (nSPS) is 10.4. The smallest absolute Gasteiger partial charge is 0.251 e. The zero-order chi connectivity index (χ0) is 20.8. The lowest BCUT2D eigenvalue weighted by atomic mass is 10.1. The molecule has 1 aromatic heterocycles. The molecule has 2 N–H and O–H groups in total. The molecule has 5 heteroatoms. The molecule has 148 valence electrons. The van der Waals surface area contributed by atoms with E-state index in [0.29, 0.717) is 17.9 Å². The van der Waals surface area contributed by atoms with Gasteiger partial charge in [-0.05, 0) is 36.8 Å². The van der Waals surface area contributed by atoms with Crippen LogP contribution in [0.2, 0.25) is 0 Å². The van der Waals surface area contributed by atoms with Gasteiger partial charge in [0.15, 0.2) is 0 Å². The van der Waals surface area contributed by atoms with Gasteiger partial charge in [0.1, 0.15) is 12.1 Å². The summed E-state index contributed by atoms with van der Waals surface area (Å²) in [6.45, 7) is 2.54. The molecule has 0 fully saturated rings. The molecule has 3 aromatic carbocycles. The molecule has 0 atom stereocenters. The van der Waals surface area contributed by atoms with Crippen molar-refractivity contribution in [3.63, 3.8) is 0 Å². The van der Waals surface area contributed by atoms with E-state index in [9.17, 15) is 4.79 Å². The number of hydrogen-bond acceptors (Lipinski definition) is 4. The Hall–Kier alpha value is -3.99. The summed E-state index contributed by atoms with van der Waals surface area (Å²) in [6.07, 6.45) is 1.54. The first-order valence-corrected chi connectivity index (χ1v) is 9.76. The summed E-state index contributed by atoms with van der Waals surface area (Å²) in [5.74, 6) is 0.550. The number of nitrogens with zero attached hydrogens (tertiary/aromatic N) is 2. The number of benzene rings is 3. The van der Waals surface area contributed by atoms with Gasteiger partial charge in [-0.2, -0.15) is 0 Å². The molecule has 0 aliphatic rings. The van der Waals surface area contributed by atoms with Crippen molar-refractivity contribution < 1.29 is 4.79 Å². The van der Waals surface area contributed by atoms with Gasteiger partial charge in [0.05, 0.1) is 5.69 Å². The molecule has 0 spiro atoms. The van der Waals surface area contributed by atoms with Crippen molar-refractivity contribution in [3.8, 4) is 11.3 Å². The molecule has 1 heterocycles. The summed E-state index contributed by atoms with van der Waals surface area (Å²) in [7, 11) is 0. The van der Waals surface area contributed by atoms with Gasteiger partial charge in [-0.15, -0.1) is 0 Å². The number of carbonyl (C=O) groups is 1. The van der Waals surface area contributed by atoms with Crippen LogP contribution in [-0.2, 0) is 6.54 Å². The number of anilines is 2. The van der Waals surface area contributed by atoms with E-state index in [-0.39, 0.29) is 5.91 Å². The molecule has 0 saturated carbocycles. The molecular formula is C25H22N4O. The van der Waals surface area contributed by atoms with Crippen molar-refractivity contribution in [1.82, 2.24) is 15.3 Å². The van der Waals surface area contributed by atoms with E-state index in [0.717, 1.165) is 22.5 Å². The van der Waals surface area contributed by atoms with Crippen molar-refractivity contribution >= 4 is 17.4 Å². The summed E-state index contributed by atoms with van der Waals surface area (Å²) in [5, 5.41) is 6.22. The summed E-state index contributed by atoms with van der Waals surface area (Å²) < 4.78 is 0. The highest BCUT2D eigenvalue weighted by atomic mass is 16.1. The minimum absolute atomic E-state index is 0.120. The van der Waals surface area contributed by atoms with Crippen molar-refractivity contribution in [3.05, 3.63) is 108 Å². The number of aromatic nitrogens is 2. The lowest BCUT2D eigenvalue weighted by Crippen LogP contribution is -2.22. The maximum atomic E-state index is 12.5. The molecule has 4 aromatic rings. The molecule has 30 heavy (non-hydrogen) atoms. The first-order valence-electron chi connectivity index (χ1n) is 9.76. The maximum Gasteiger partial charge on any atom is 0.251 e. The largest absolute Gasteiger partial charge is 0.348 e. The third kappa shape index (κ3) is 4.89. The van der Waals surface area contributed by atoms with Crippen LogP contribution in [-0.4, -0.2) is 15.9 Å². The second kappa shape index (κ2) is 9.01. The van der Waals surface area contributed by atoms with Gasteiger partial charge in [0.2, 0.25) is 0 Å². The van der Waals surface area contributed by atoms with Crippen molar-refractivity contribution in [2.75, 3.05) is 5.32 Å². The molecule has 1 amide bonds. The first kappa shape index (κ1) is 19.3. The minimum Gasteiger partial charge on any atom is -0.348 e. The summed E-state index contributed by atoms with van der Waals surface area (Å²) >= 11 is 0. The van der Waals surface area contributed by atoms with E-state index >= 15 is 0 Å². The van der Waals surface area contributed by atoms with Gasteiger partial charge in [-0.25, -0.2) is 9.97 Å². The molecule has 0 saturated heterocycles. The Morgan fingerprint density at radius 1 is 0.867 bits per heavy atom. The van der Waals surface area contributed by atoms with Crippen LogP contribution in [0.5, 0.6) is 0 Å². The first-order chi connectivity index (χ1) is 14.7. The Bertz CT molecular complexity index is 1160. The predicted molar refractivity (Wildman–Crippen MR) is 120 cm³/mol. The highest BCUT2D eigenvalue weighted by Gasteiger charge is 2.08. The second-order valence-electron chi connectivity index (χ2n) is 7.03. The van der Waals surface area contributed by atoms with Gasteiger partial charge in [0.25, 0.3) is 5.91 Å². The molecular weight excluding hydrogens is 372 g/mol. The number of nitrogens with one attached hydrogen (secondary N) is 2. The van der Waals surface area contributed by atoms with Crippen molar-refractivity contribution in [1.29, 1.82) is 0 Å². The van der Waals surface area contributed by atoms with E-state index in [1.165, 1.54) is 11.9 Å². The summed E-state index contributed by atoms with van der Waals surface area (Å²) in [6, 6.07) is 27.3. The predicted octanol–water partition coefficient (Wildman–Crippen LogP) is 5.13. The van der Waals surface area contributed by atoms with Crippen LogP contribution in [0, 0.1) is 6.92 Å². The Morgan fingerprint density at radius 2 is 1.70 bits per heavy atom. The average Bonchev–Trinajstić information content (AvgIpc) is 2.78. The quantitative estimate of drug-likeness (QED) is 0.476. The third-order valence-electron chi connectivity index (χ3n) is 4.67. The average molecular weight is 394 g/mol. The molecule has 0 aliphatic carbocycles.